The second-order valence-corrected chi connectivity index (χ2v) is 5.04. The maximum Gasteiger partial charge on any atom is 0.419 e. The highest BCUT2D eigenvalue weighted by Crippen LogP contribution is 2.33. The maximum atomic E-state index is 13.2. The summed E-state index contributed by atoms with van der Waals surface area (Å²) in [6, 6.07) is 3.57. The molecule has 5 heteroatoms. The van der Waals surface area contributed by atoms with Gasteiger partial charge >= 0.3 is 6.18 Å². The number of nitrogens with one attached hydrogen (secondary N) is 1. The Hall–Kier alpha value is -1.10. The number of benzene rings is 1. The van der Waals surface area contributed by atoms with E-state index in [1.165, 1.54) is 6.07 Å². The Kier molecular flexibility index (Phi) is 5.35. The number of rotatable bonds is 5. The molecular weight excluding hydrogens is 258 g/mol. The summed E-state index contributed by atoms with van der Waals surface area (Å²) in [4.78, 5) is 0. The minimum atomic E-state index is -4.64. The molecule has 108 valence electrons. The van der Waals surface area contributed by atoms with Gasteiger partial charge < -0.3 is 5.32 Å². The molecule has 0 aliphatic rings. The van der Waals surface area contributed by atoms with Crippen LogP contribution in [0.3, 0.4) is 0 Å². The van der Waals surface area contributed by atoms with E-state index in [2.05, 4.69) is 5.32 Å². The SMILES string of the molecule is CC(C)NCCC(C)c1ccc(F)c(C(F)(F)F)c1. The molecule has 0 bridgehead atoms. The molecule has 1 aromatic rings. The van der Waals surface area contributed by atoms with E-state index in [-0.39, 0.29) is 5.92 Å². The summed E-state index contributed by atoms with van der Waals surface area (Å²) in [5.74, 6) is -1.27. The molecule has 0 fully saturated rings. The molecule has 0 aliphatic carbocycles. The molecule has 1 unspecified atom stereocenters. The zero-order chi connectivity index (χ0) is 14.6. The minimum absolute atomic E-state index is 0.0482. The lowest BCUT2D eigenvalue weighted by atomic mass is 9.95. The molecule has 19 heavy (non-hydrogen) atoms. The van der Waals surface area contributed by atoms with Crippen LogP contribution in [0.5, 0.6) is 0 Å². The summed E-state index contributed by atoms with van der Waals surface area (Å²) in [5, 5.41) is 3.21. The first-order chi connectivity index (χ1) is 8.71. The minimum Gasteiger partial charge on any atom is -0.315 e. The molecule has 0 heterocycles. The first kappa shape index (κ1) is 16.0. The third-order valence-electron chi connectivity index (χ3n) is 2.99. The van der Waals surface area contributed by atoms with Crippen molar-refractivity contribution in [3.8, 4) is 0 Å². The fourth-order valence-electron chi connectivity index (χ4n) is 1.82. The number of hydrogen-bond donors (Lipinski definition) is 1. The Morgan fingerprint density at radius 3 is 2.32 bits per heavy atom. The molecule has 0 saturated heterocycles. The van der Waals surface area contributed by atoms with Crippen molar-refractivity contribution in [1.29, 1.82) is 0 Å². The third-order valence-corrected chi connectivity index (χ3v) is 2.99. The van der Waals surface area contributed by atoms with Gasteiger partial charge in [-0.1, -0.05) is 26.8 Å². The molecule has 1 nitrogen and oxygen atoms in total. The summed E-state index contributed by atoms with van der Waals surface area (Å²) < 4.78 is 50.9. The van der Waals surface area contributed by atoms with Crippen LogP contribution in [0.25, 0.3) is 0 Å². The van der Waals surface area contributed by atoms with Gasteiger partial charge in [-0.25, -0.2) is 4.39 Å². The van der Waals surface area contributed by atoms with Crippen LogP contribution in [0.15, 0.2) is 18.2 Å². The van der Waals surface area contributed by atoms with Crippen molar-refractivity contribution in [3.63, 3.8) is 0 Å². The Bertz CT molecular complexity index is 412. The largest absolute Gasteiger partial charge is 0.419 e. The van der Waals surface area contributed by atoms with E-state index in [9.17, 15) is 17.6 Å². The lowest BCUT2D eigenvalue weighted by Gasteiger charge is -2.16. The smallest absolute Gasteiger partial charge is 0.315 e. The van der Waals surface area contributed by atoms with Gasteiger partial charge in [0.1, 0.15) is 5.82 Å². The average Bonchev–Trinajstić information content (AvgIpc) is 2.27. The fourth-order valence-corrected chi connectivity index (χ4v) is 1.82. The zero-order valence-electron chi connectivity index (χ0n) is 11.3. The van der Waals surface area contributed by atoms with E-state index in [0.29, 0.717) is 18.0 Å². The second-order valence-electron chi connectivity index (χ2n) is 5.04. The maximum absolute atomic E-state index is 13.2. The lowest BCUT2D eigenvalue weighted by molar-refractivity contribution is -0.140. The number of hydrogen-bond acceptors (Lipinski definition) is 1. The fraction of sp³-hybridized carbons (Fsp3) is 0.571. The summed E-state index contributed by atoms with van der Waals surface area (Å²) in [7, 11) is 0. The van der Waals surface area contributed by atoms with Crippen LogP contribution in [0.2, 0.25) is 0 Å². The lowest BCUT2D eigenvalue weighted by Crippen LogP contribution is -2.24. The van der Waals surface area contributed by atoms with E-state index in [1.54, 1.807) is 0 Å². The van der Waals surface area contributed by atoms with Gasteiger partial charge in [0.05, 0.1) is 5.56 Å². The third kappa shape index (κ3) is 4.82. The van der Waals surface area contributed by atoms with Gasteiger partial charge in [0.25, 0.3) is 0 Å². The Morgan fingerprint density at radius 1 is 1.16 bits per heavy atom. The molecule has 0 aromatic heterocycles. The van der Waals surface area contributed by atoms with Gasteiger partial charge in [0, 0.05) is 6.04 Å². The van der Waals surface area contributed by atoms with Crippen molar-refractivity contribution in [2.24, 2.45) is 0 Å². The predicted molar refractivity (Wildman–Crippen MR) is 67.6 cm³/mol. The summed E-state index contributed by atoms with van der Waals surface area (Å²) >= 11 is 0. The molecule has 1 N–H and O–H groups in total. The quantitative estimate of drug-likeness (QED) is 0.790. The van der Waals surface area contributed by atoms with Crippen molar-refractivity contribution >= 4 is 0 Å². The molecule has 0 spiro atoms. The van der Waals surface area contributed by atoms with Crippen LogP contribution < -0.4 is 5.32 Å². The van der Waals surface area contributed by atoms with Gasteiger partial charge in [-0.15, -0.1) is 0 Å². The van der Waals surface area contributed by atoms with Crippen molar-refractivity contribution in [2.75, 3.05) is 6.54 Å². The first-order valence-corrected chi connectivity index (χ1v) is 6.32. The molecule has 0 saturated carbocycles. The van der Waals surface area contributed by atoms with E-state index in [0.717, 1.165) is 18.7 Å². The molecule has 1 aromatic carbocycles. The van der Waals surface area contributed by atoms with Crippen LogP contribution >= 0.6 is 0 Å². The van der Waals surface area contributed by atoms with Crippen LogP contribution in [0.1, 0.15) is 44.2 Å². The molecule has 0 radical (unpaired) electrons. The van der Waals surface area contributed by atoms with E-state index < -0.39 is 17.6 Å². The molecule has 1 atom stereocenters. The second kappa shape index (κ2) is 6.37. The average molecular weight is 277 g/mol. The van der Waals surface area contributed by atoms with Crippen LogP contribution in [-0.2, 0) is 6.18 Å². The highest BCUT2D eigenvalue weighted by Gasteiger charge is 2.34. The van der Waals surface area contributed by atoms with Crippen molar-refractivity contribution in [2.45, 2.75) is 45.3 Å². The van der Waals surface area contributed by atoms with E-state index in [4.69, 9.17) is 0 Å². The van der Waals surface area contributed by atoms with Crippen LogP contribution in [-0.4, -0.2) is 12.6 Å². The Balaban J connectivity index is 2.78. The van der Waals surface area contributed by atoms with Gasteiger partial charge in [-0.3, -0.25) is 0 Å². The monoisotopic (exact) mass is 277 g/mol. The van der Waals surface area contributed by atoms with Crippen molar-refractivity contribution < 1.29 is 17.6 Å². The topological polar surface area (TPSA) is 12.0 Å². The molecule has 0 amide bonds. The molecule has 1 rings (SSSR count). The van der Waals surface area contributed by atoms with Gasteiger partial charge in [0.15, 0.2) is 0 Å². The standard InChI is InChI=1S/C14H19F4N/c1-9(2)19-7-6-10(3)11-4-5-13(15)12(8-11)14(16,17)18/h4-5,8-10,19H,6-7H2,1-3H3. The summed E-state index contributed by atoms with van der Waals surface area (Å²) in [6.45, 7) is 6.57. The molecular formula is C14H19F4N. The Labute approximate surface area is 111 Å². The van der Waals surface area contributed by atoms with Crippen molar-refractivity contribution in [1.82, 2.24) is 5.32 Å². The summed E-state index contributed by atoms with van der Waals surface area (Å²) in [5.41, 5.74) is -0.673. The number of halogens is 4. The van der Waals surface area contributed by atoms with Gasteiger partial charge in [0.2, 0.25) is 0 Å². The molecule has 0 aliphatic heterocycles. The van der Waals surface area contributed by atoms with E-state index in [1.807, 2.05) is 20.8 Å². The number of alkyl halides is 3. The van der Waals surface area contributed by atoms with Gasteiger partial charge in [-0.05, 0) is 36.6 Å². The highest BCUT2D eigenvalue weighted by molar-refractivity contribution is 5.29. The Morgan fingerprint density at radius 2 is 1.79 bits per heavy atom. The highest BCUT2D eigenvalue weighted by atomic mass is 19.4. The predicted octanol–water partition coefficient (Wildman–Crippen LogP) is 4.34. The van der Waals surface area contributed by atoms with Crippen LogP contribution in [0.4, 0.5) is 17.6 Å². The van der Waals surface area contributed by atoms with E-state index >= 15 is 0 Å². The zero-order valence-corrected chi connectivity index (χ0v) is 11.3. The normalized spacial score (nSPS) is 13.9. The van der Waals surface area contributed by atoms with Crippen LogP contribution in [0, 0.1) is 5.82 Å². The summed E-state index contributed by atoms with van der Waals surface area (Å²) in [6.07, 6.45) is -3.93. The first-order valence-electron chi connectivity index (χ1n) is 6.32. The van der Waals surface area contributed by atoms with Gasteiger partial charge in [-0.2, -0.15) is 13.2 Å². The van der Waals surface area contributed by atoms with Crippen molar-refractivity contribution in [3.05, 3.63) is 35.1 Å².